The molecule has 0 radical (unpaired) electrons. The second-order valence-electron chi connectivity index (χ2n) is 6.81. The molecule has 164 valence electrons. The van der Waals surface area contributed by atoms with E-state index in [0.29, 0.717) is 28.4 Å². The quantitative estimate of drug-likeness (QED) is 0.394. The maximum atomic E-state index is 13.4. The first-order chi connectivity index (χ1) is 15.6. The van der Waals surface area contributed by atoms with Gasteiger partial charge in [-0.3, -0.25) is 4.98 Å². The van der Waals surface area contributed by atoms with Gasteiger partial charge in [-0.1, -0.05) is 17.3 Å². The molecule has 3 heterocycles. The van der Waals surface area contributed by atoms with E-state index in [2.05, 4.69) is 20.3 Å². The molecule has 0 fully saturated rings. The van der Waals surface area contributed by atoms with Crippen LogP contribution in [0.25, 0.3) is 39.9 Å². The van der Waals surface area contributed by atoms with Gasteiger partial charge in [-0.15, -0.1) is 17.5 Å². The van der Waals surface area contributed by atoms with Crippen LogP contribution >= 0.6 is 12.4 Å². The van der Waals surface area contributed by atoms with Crippen LogP contribution in [0.2, 0.25) is 0 Å². The largest absolute Gasteiger partial charge is 0.478 e. The number of pyridine rings is 1. The molecular weight excluding hydrogens is 449 g/mol. The normalized spacial score (nSPS) is 10.6. The Labute approximate surface area is 192 Å². The zero-order valence-corrected chi connectivity index (χ0v) is 17.6. The van der Waals surface area contributed by atoms with Crippen LogP contribution in [-0.4, -0.2) is 36.0 Å². The van der Waals surface area contributed by atoms with E-state index >= 15 is 0 Å². The van der Waals surface area contributed by atoms with Crippen LogP contribution in [0.4, 0.5) is 4.39 Å². The van der Waals surface area contributed by atoms with Crippen molar-refractivity contribution in [1.29, 1.82) is 0 Å². The van der Waals surface area contributed by atoms with Gasteiger partial charge in [0.1, 0.15) is 11.5 Å². The van der Waals surface area contributed by atoms with Crippen LogP contribution < -0.4 is 0 Å². The smallest absolute Gasteiger partial charge is 0.337 e. The minimum atomic E-state index is -1.08. The molecule has 0 aliphatic rings. The standard InChI is InChI=1S/C23H14FN5O3.ClH/c24-16-7-5-14(6-8-16)20-21(15-9-11-25-12-10-15)32-22(26-20)18-13-29(28-27-18)19-4-2-1-3-17(19)23(30)31;/h1-13H,(H,30,31);1H. The molecule has 0 bridgehead atoms. The van der Waals surface area contributed by atoms with Gasteiger partial charge in [-0.25, -0.2) is 18.9 Å². The van der Waals surface area contributed by atoms with Gasteiger partial charge in [-0.2, -0.15) is 0 Å². The molecule has 0 unspecified atom stereocenters. The van der Waals surface area contributed by atoms with Gasteiger partial charge in [0.2, 0.25) is 5.89 Å². The van der Waals surface area contributed by atoms with Gasteiger partial charge in [0, 0.05) is 23.5 Å². The summed E-state index contributed by atoms with van der Waals surface area (Å²) in [5, 5.41) is 17.6. The average molecular weight is 464 g/mol. The summed E-state index contributed by atoms with van der Waals surface area (Å²) in [6, 6.07) is 15.9. The molecule has 2 aromatic carbocycles. The molecule has 0 aliphatic heterocycles. The zero-order valence-electron chi connectivity index (χ0n) is 16.8. The van der Waals surface area contributed by atoms with Crippen molar-refractivity contribution in [2.45, 2.75) is 0 Å². The van der Waals surface area contributed by atoms with Crippen LogP contribution in [-0.2, 0) is 0 Å². The lowest BCUT2D eigenvalue weighted by Crippen LogP contribution is -2.05. The summed E-state index contributed by atoms with van der Waals surface area (Å²) in [5.74, 6) is -0.778. The second kappa shape index (κ2) is 9.01. The molecule has 0 atom stereocenters. The van der Waals surface area contributed by atoms with Gasteiger partial charge in [0.25, 0.3) is 0 Å². The number of nitrogens with zero attached hydrogens (tertiary/aromatic N) is 5. The van der Waals surface area contributed by atoms with Crippen molar-refractivity contribution in [1.82, 2.24) is 25.0 Å². The second-order valence-corrected chi connectivity index (χ2v) is 6.81. The summed E-state index contributed by atoms with van der Waals surface area (Å²) in [4.78, 5) is 20.1. The molecule has 0 saturated heterocycles. The van der Waals surface area contributed by atoms with Gasteiger partial charge in [0.05, 0.1) is 17.4 Å². The minimum absolute atomic E-state index is 0. The maximum absolute atomic E-state index is 13.4. The minimum Gasteiger partial charge on any atom is -0.478 e. The third-order valence-electron chi connectivity index (χ3n) is 4.78. The molecule has 3 aromatic heterocycles. The van der Waals surface area contributed by atoms with Crippen LogP contribution in [0.5, 0.6) is 0 Å². The lowest BCUT2D eigenvalue weighted by atomic mass is 10.1. The summed E-state index contributed by atoms with van der Waals surface area (Å²) in [6.07, 6.45) is 4.80. The van der Waals surface area contributed by atoms with Gasteiger partial charge < -0.3 is 9.52 Å². The van der Waals surface area contributed by atoms with Crippen LogP contribution in [0, 0.1) is 5.82 Å². The Bertz CT molecular complexity index is 1420. The first-order valence-electron chi connectivity index (χ1n) is 9.53. The highest BCUT2D eigenvalue weighted by molar-refractivity contribution is 5.91. The topological polar surface area (TPSA) is 107 Å². The predicted molar refractivity (Wildman–Crippen MR) is 120 cm³/mol. The van der Waals surface area contributed by atoms with Crippen molar-refractivity contribution >= 4 is 18.4 Å². The molecule has 5 rings (SSSR count). The summed E-state index contributed by atoms with van der Waals surface area (Å²) in [5.41, 5.74) is 2.67. The van der Waals surface area contributed by atoms with E-state index in [1.165, 1.54) is 22.9 Å². The molecule has 33 heavy (non-hydrogen) atoms. The SMILES string of the molecule is Cl.O=C(O)c1ccccc1-n1cc(-c2nc(-c3ccc(F)cc3)c(-c3ccncc3)o2)nn1. The van der Waals surface area contributed by atoms with Crippen molar-refractivity contribution in [2.75, 3.05) is 0 Å². The fourth-order valence-electron chi connectivity index (χ4n) is 3.27. The third kappa shape index (κ3) is 4.21. The Balaban J connectivity index is 0.00000259. The van der Waals surface area contributed by atoms with Crippen molar-refractivity contribution in [3.63, 3.8) is 0 Å². The Hall–Kier alpha value is -4.37. The van der Waals surface area contributed by atoms with E-state index in [9.17, 15) is 14.3 Å². The van der Waals surface area contributed by atoms with E-state index in [-0.39, 0.29) is 29.7 Å². The molecule has 0 saturated carbocycles. The Morgan fingerprint density at radius 3 is 2.42 bits per heavy atom. The summed E-state index contributed by atoms with van der Waals surface area (Å²) >= 11 is 0. The Morgan fingerprint density at radius 2 is 1.70 bits per heavy atom. The number of hydrogen-bond acceptors (Lipinski definition) is 6. The number of aromatic carboxylic acids is 1. The predicted octanol–water partition coefficient (Wildman–Crippen LogP) is 4.91. The first kappa shape index (κ1) is 21.8. The third-order valence-corrected chi connectivity index (χ3v) is 4.78. The van der Waals surface area contributed by atoms with E-state index in [0.717, 1.165) is 5.56 Å². The number of carboxylic acid groups (broad SMARTS) is 1. The van der Waals surface area contributed by atoms with E-state index in [1.54, 1.807) is 61.1 Å². The highest BCUT2D eigenvalue weighted by atomic mass is 35.5. The van der Waals surface area contributed by atoms with Crippen molar-refractivity contribution < 1.29 is 18.7 Å². The highest BCUT2D eigenvalue weighted by Crippen LogP contribution is 2.35. The molecule has 8 nitrogen and oxygen atoms in total. The Kier molecular flexibility index (Phi) is 5.97. The molecule has 0 spiro atoms. The van der Waals surface area contributed by atoms with Gasteiger partial charge >= 0.3 is 5.97 Å². The maximum Gasteiger partial charge on any atom is 0.337 e. The number of hydrogen-bond donors (Lipinski definition) is 1. The van der Waals surface area contributed by atoms with E-state index in [4.69, 9.17) is 4.42 Å². The van der Waals surface area contributed by atoms with Crippen LogP contribution in [0.3, 0.4) is 0 Å². The number of carbonyl (C=O) groups is 1. The summed E-state index contributed by atoms with van der Waals surface area (Å²) in [6.45, 7) is 0. The molecule has 5 aromatic rings. The first-order valence-corrected chi connectivity index (χ1v) is 9.53. The van der Waals surface area contributed by atoms with Crippen molar-refractivity contribution in [3.05, 3.63) is 90.6 Å². The summed E-state index contributed by atoms with van der Waals surface area (Å²) in [7, 11) is 0. The zero-order chi connectivity index (χ0) is 22.1. The number of rotatable bonds is 5. The lowest BCUT2D eigenvalue weighted by molar-refractivity contribution is 0.0696. The van der Waals surface area contributed by atoms with E-state index < -0.39 is 5.97 Å². The molecule has 10 heteroatoms. The fraction of sp³-hybridized carbons (Fsp3) is 0. The average Bonchev–Trinajstić information content (AvgIpc) is 3.48. The highest BCUT2D eigenvalue weighted by Gasteiger charge is 2.21. The molecular formula is C23H15ClFN5O3. The van der Waals surface area contributed by atoms with Crippen molar-refractivity contribution in [3.8, 4) is 39.9 Å². The lowest BCUT2D eigenvalue weighted by Gasteiger charge is -2.03. The number of aromatic nitrogens is 5. The van der Waals surface area contributed by atoms with Crippen LogP contribution in [0.15, 0.2) is 83.7 Å². The van der Waals surface area contributed by atoms with Gasteiger partial charge in [-0.05, 0) is 48.5 Å². The number of carboxylic acids is 1. The van der Waals surface area contributed by atoms with Crippen molar-refractivity contribution in [2.24, 2.45) is 0 Å². The molecule has 0 aliphatic carbocycles. The van der Waals surface area contributed by atoms with Crippen LogP contribution in [0.1, 0.15) is 10.4 Å². The Morgan fingerprint density at radius 1 is 0.970 bits per heavy atom. The summed E-state index contributed by atoms with van der Waals surface area (Å²) < 4.78 is 20.8. The number of para-hydroxylation sites is 1. The monoisotopic (exact) mass is 463 g/mol. The molecule has 1 N–H and O–H groups in total. The van der Waals surface area contributed by atoms with Gasteiger partial charge in [0.15, 0.2) is 11.5 Å². The fourth-order valence-corrected chi connectivity index (χ4v) is 3.27. The van der Waals surface area contributed by atoms with E-state index in [1.807, 2.05) is 0 Å². The molecule has 0 amide bonds. The number of benzene rings is 2. The number of halogens is 2. The number of oxazole rings is 1.